The molecule has 0 amide bonds. The molecule has 2 heterocycles. The standard InChI is InChI=1S/C22H27N.C6H13NO.C2H6.CH4/c1-3-23-20-15-16(2)13-14-19(20)21(17-9-5-4-6-10-17)22(23)18-11-7-8-12-18;1-7-3-2-5-8-6-4-7;1-2;/h7,11-15,17H,3-6,8-10H2,1-2H3;2-6H2,1H3;1-2H3;1H4. The number of likely N-dealkylation sites (N-methyl/N-ethyl adjacent to an activating group) is 1. The molecule has 1 aromatic heterocycles. The SMILES string of the molecule is C.CC.CCn1c(C2=CCC=C2)c(C2CCCCC2)c2ccc(C)cc21.CN1CCCOCC1. The zero-order chi connectivity index (χ0) is 23.6. The maximum absolute atomic E-state index is 5.22. The first-order chi connectivity index (χ1) is 16.2. The van der Waals surface area contributed by atoms with Crippen molar-refractivity contribution in [1.29, 1.82) is 0 Å². The lowest BCUT2D eigenvalue weighted by Crippen LogP contribution is -2.20. The average Bonchev–Trinajstić information content (AvgIpc) is 3.42. The second-order valence-electron chi connectivity index (χ2n) is 9.43. The normalized spacial score (nSPS) is 18.8. The fourth-order valence-corrected chi connectivity index (χ4v) is 5.43. The number of allylic oxidation sites excluding steroid dienone is 4. The molecule has 34 heavy (non-hydrogen) atoms. The number of nitrogens with zero attached hydrogens (tertiary/aromatic N) is 2. The van der Waals surface area contributed by atoms with Crippen LogP contribution in [0.4, 0.5) is 0 Å². The van der Waals surface area contributed by atoms with Crippen molar-refractivity contribution in [2.24, 2.45) is 0 Å². The maximum Gasteiger partial charge on any atom is 0.0593 e. The molecule has 1 saturated heterocycles. The Bertz CT molecular complexity index is 923. The molecule has 2 fully saturated rings. The molecular formula is C31H50N2O. The van der Waals surface area contributed by atoms with Crippen LogP contribution in [0.2, 0.25) is 0 Å². The molecule has 2 aromatic rings. The molecular weight excluding hydrogens is 416 g/mol. The number of aryl methyl sites for hydroxylation is 2. The summed E-state index contributed by atoms with van der Waals surface area (Å²) < 4.78 is 7.79. The molecule has 0 atom stereocenters. The van der Waals surface area contributed by atoms with Crippen molar-refractivity contribution in [3.63, 3.8) is 0 Å². The number of fused-ring (bicyclic) bond motifs is 1. The average molecular weight is 467 g/mol. The molecule has 0 spiro atoms. The van der Waals surface area contributed by atoms with Gasteiger partial charge in [-0.15, -0.1) is 0 Å². The minimum absolute atomic E-state index is 0. The maximum atomic E-state index is 5.22. The fraction of sp³-hybridized carbons (Fsp3) is 0.613. The van der Waals surface area contributed by atoms with Crippen molar-refractivity contribution in [2.45, 2.75) is 92.5 Å². The van der Waals surface area contributed by atoms with Crippen molar-refractivity contribution in [1.82, 2.24) is 9.47 Å². The Balaban J connectivity index is 0.000000315. The summed E-state index contributed by atoms with van der Waals surface area (Å²) >= 11 is 0. The predicted molar refractivity (Wildman–Crippen MR) is 151 cm³/mol. The van der Waals surface area contributed by atoms with Crippen LogP contribution in [-0.4, -0.2) is 42.8 Å². The van der Waals surface area contributed by atoms with E-state index < -0.39 is 0 Å². The molecule has 0 N–H and O–H groups in total. The molecule has 5 rings (SSSR count). The largest absolute Gasteiger partial charge is 0.380 e. The van der Waals surface area contributed by atoms with E-state index in [1.165, 1.54) is 72.8 Å². The van der Waals surface area contributed by atoms with Crippen LogP contribution in [0.3, 0.4) is 0 Å². The number of rotatable bonds is 3. The summed E-state index contributed by atoms with van der Waals surface area (Å²) in [5.74, 6) is 0.742. The van der Waals surface area contributed by atoms with Crippen LogP contribution in [0, 0.1) is 6.92 Å². The van der Waals surface area contributed by atoms with Crippen LogP contribution in [0.5, 0.6) is 0 Å². The summed E-state index contributed by atoms with van der Waals surface area (Å²) in [6.45, 7) is 13.7. The summed E-state index contributed by atoms with van der Waals surface area (Å²) in [7, 11) is 2.13. The Morgan fingerprint density at radius 3 is 2.44 bits per heavy atom. The highest BCUT2D eigenvalue weighted by Crippen LogP contribution is 2.43. The zero-order valence-electron chi connectivity index (χ0n) is 21.8. The van der Waals surface area contributed by atoms with Gasteiger partial charge < -0.3 is 14.2 Å². The highest BCUT2D eigenvalue weighted by Gasteiger charge is 2.26. The Labute approximate surface area is 209 Å². The van der Waals surface area contributed by atoms with Crippen molar-refractivity contribution >= 4 is 16.5 Å². The van der Waals surface area contributed by atoms with E-state index in [0.717, 1.165) is 38.6 Å². The molecule has 3 nitrogen and oxygen atoms in total. The van der Waals surface area contributed by atoms with Gasteiger partial charge in [0.15, 0.2) is 0 Å². The molecule has 1 saturated carbocycles. The van der Waals surface area contributed by atoms with Crippen molar-refractivity contribution in [3.05, 3.63) is 53.2 Å². The van der Waals surface area contributed by atoms with Crippen LogP contribution in [-0.2, 0) is 11.3 Å². The summed E-state index contributed by atoms with van der Waals surface area (Å²) in [5, 5.41) is 1.50. The van der Waals surface area contributed by atoms with E-state index >= 15 is 0 Å². The molecule has 0 unspecified atom stereocenters. The fourth-order valence-electron chi connectivity index (χ4n) is 5.43. The summed E-state index contributed by atoms with van der Waals surface area (Å²) in [5.41, 5.74) is 7.39. The summed E-state index contributed by atoms with van der Waals surface area (Å²) in [4.78, 5) is 2.30. The van der Waals surface area contributed by atoms with Gasteiger partial charge in [0.1, 0.15) is 0 Å². The van der Waals surface area contributed by atoms with Gasteiger partial charge in [-0.1, -0.05) is 70.9 Å². The third-order valence-electron chi connectivity index (χ3n) is 7.08. The van der Waals surface area contributed by atoms with Crippen LogP contribution < -0.4 is 0 Å². The van der Waals surface area contributed by atoms with Gasteiger partial charge in [-0.05, 0) is 75.3 Å². The van der Waals surface area contributed by atoms with Crippen LogP contribution >= 0.6 is 0 Å². The smallest absolute Gasteiger partial charge is 0.0593 e. The van der Waals surface area contributed by atoms with E-state index in [0.29, 0.717) is 0 Å². The number of aromatic nitrogens is 1. The summed E-state index contributed by atoms with van der Waals surface area (Å²) in [6, 6.07) is 7.05. The Morgan fingerprint density at radius 1 is 1.00 bits per heavy atom. The van der Waals surface area contributed by atoms with Gasteiger partial charge in [-0.25, -0.2) is 0 Å². The van der Waals surface area contributed by atoms with Crippen LogP contribution in [0.25, 0.3) is 16.5 Å². The van der Waals surface area contributed by atoms with Gasteiger partial charge in [0.25, 0.3) is 0 Å². The van der Waals surface area contributed by atoms with E-state index in [1.807, 2.05) is 13.8 Å². The van der Waals surface area contributed by atoms with Gasteiger partial charge in [-0.3, -0.25) is 0 Å². The molecule has 2 aliphatic carbocycles. The van der Waals surface area contributed by atoms with E-state index in [4.69, 9.17) is 4.74 Å². The second kappa shape index (κ2) is 14.5. The molecule has 3 heteroatoms. The predicted octanol–water partition coefficient (Wildman–Crippen LogP) is 8.36. The third kappa shape index (κ3) is 6.86. The first-order valence-corrected chi connectivity index (χ1v) is 13.4. The quantitative estimate of drug-likeness (QED) is 0.452. The van der Waals surface area contributed by atoms with Gasteiger partial charge in [0.05, 0.1) is 12.3 Å². The van der Waals surface area contributed by atoms with E-state index in [1.54, 1.807) is 5.56 Å². The van der Waals surface area contributed by atoms with Gasteiger partial charge in [-0.2, -0.15) is 0 Å². The molecule has 0 bridgehead atoms. The number of ether oxygens (including phenoxy) is 1. The van der Waals surface area contributed by atoms with Gasteiger partial charge in [0, 0.05) is 37.1 Å². The summed E-state index contributed by atoms with van der Waals surface area (Å²) in [6.07, 6.45) is 16.2. The third-order valence-corrected chi connectivity index (χ3v) is 7.08. The van der Waals surface area contributed by atoms with Crippen molar-refractivity contribution < 1.29 is 4.74 Å². The van der Waals surface area contributed by atoms with Crippen LogP contribution in [0.1, 0.15) is 95.9 Å². The highest BCUT2D eigenvalue weighted by molar-refractivity contribution is 5.93. The second-order valence-corrected chi connectivity index (χ2v) is 9.43. The Kier molecular flexibility index (Phi) is 12.1. The molecule has 3 aliphatic rings. The van der Waals surface area contributed by atoms with Crippen molar-refractivity contribution in [3.8, 4) is 0 Å². The van der Waals surface area contributed by atoms with E-state index in [9.17, 15) is 0 Å². The number of hydrogen-bond acceptors (Lipinski definition) is 2. The first-order valence-electron chi connectivity index (χ1n) is 13.4. The first kappa shape index (κ1) is 28.4. The lowest BCUT2D eigenvalue weighted by atomic mass is 9.82. The lowest BCUT2D eigenvalue weighted by molar-refractivity contribution is 0.144. The monoisotopic (exact) mass is 466 g/mol. The van der Waals surface area contributed by atoms with E-state index in [2.05, 4.69) is 66.8 Å². The van der Waals surface area contributed by atoms with E-state index in [-0.39, 0.29) is 7.43 Å². The zero-order valence-corrected chi connectivity index (χ0v) is 21.8. The minimum atomic E-state index is 0. The van der Waals surface area contributed by atoms with Gasteiger partial charge in [0.2, 0.25) is 0 Å². The Hall–Kier alpha value is -1.84. The van der Waals surface area contributed by atoms with Crippen LogP contribution in [0.15, 0.2) is 36.4 Å². The minimum Gasteiger partial charge on any atom is -0.380 e. The van der Waals surface area contributed by atoms with Gasteiger partial charge >= 0.3 is 0 Å². The number of benzene rings is 1. The lowest BCUT2D eigenvalue weighted by Gasteiger charge is -2.23. The topological polar surface area (TPSA) is 17.4 Å². The van der Waals surface area contributed by atoms with Crippen molar-refractivity contribution in [2.75, 3.05) is 33.4 Å². The molecule has 0 radical (unpaired) electrons. The highest BCUT2D eigenvalue weighted by atomic mass is 16.5. The molecule has 190 valence electrons. The molecule has 1 aromatic carbocycles. The molecule has 1 aliphatic heterocycles. The number of hydrogen-bond donors (Lipinski definition) is 0. The Morgan fingerprint density at radius 2 is 1.76 bits per heavy atom.